The van der Waals surface area contributed by atoms with Gasteiger partial charge >= 0.3 is 0 Å². The Bertz CT molecular complexity index is 837. The van der Waals surface area contributed by atoms with Crippen LogP contribution in [-0.4, -0.2) is 78.0 Å². The van der Waals surface area contributed by atoms with Crippen LogP contribution < -0.4 is 0 Å². The molecular weight excluding hydrogens is 408 g/mol. The van der Waals surface area contributed by atoms with Crippen molar-refractivity contribution < 1.29 is 0 Å². The lowest BCUT2D eigenvalue weighted by atomic mass is 10.00. The Morgan fingerprint density at radius 3 is 2.21 bits per heavy atom. The van der Waals surface area contributed by atoms with Crippen molar-refractivity contribution in [2.24, 2.45) is 0 Å². The molecule has 176 valence electrons. The van der Waals surface area contributed by atoms with Gasteiger partial charge in [0.25, 0.3) is 0 Å². The third kappa shape index (κ3) is 6.28. The minimum absolute atomic E-state index is 0.291. The van der Waals surface area contributed by atoms with E-state index in [2.05, 4.69) is 62.1 Å². The molecule has 0 unspecified atom stereocenters. The molecule has 3 aliphatic heterocycles. The first-order valence-corrected chi connectivity index (χ1v) is 12.8. The van der Waals surface area contributed by atoms with Crippen molar-refractivity contribution in [2.75, 3.05) is 52.4 Å². The number of rotatable bonds is 7. The van der Waals surface area contributed by atoms with Crippen LogP contribution >= 0.6 is 0 Å². The number of nitriles is 2. The van der Waals surface area contributed by atoms with Gasteiger partial charge in [0.1, 0.15) is 18.0 Å². The van der Waals surface area contributed by atoms with E-state index in [9.17, 15) is 10.5 Å². The van der Waals surface area contributed by atoms with E-state index in [-0.39, 0.29) is 0 Å². The van der Waals surface area contributed by atoms with Gasteiger partial charge in [-0.25, -0.2) is 0 Å². The van der Waals surface area contributed by atoms with Crippen LogP contribution in [-0.2, 0) is 6.54 Å². The van der Waals surface area contributed by atoms with E-state index in [1.54, 1.807) is 0 Å². The Morgan fingerprint density at radius 2 is 1.52 bits per heavy atom. The number of likely N-dealkylation sites (tertiary alicyclic amines) is 2. The van der Waals surface area contributed by atoms with Gasteiger partial charge in [-0.2, -0.15) is 10.5 Å². The molecule has 3 fully saturated rings. The number of piperidine rings is 2. The molecule has 1 aromatic carbocycles. The molecule has 1 aromatic rings. The summed E-state index contributed by atoms with van der Waals surface area (Å²) in [5.41, 5.74) is 1.66. The summed E-state index contributed by atoms with van der Waals surface area (Å²) in [6, 6.07) is 15.5. The summed E-state index contributed by atoms with van der Waals surface area (Å²) in [7, 11) is 0. The van der Waals surface area contributed by atoms with Crippen molar-refractivity contribution in [3.05, 3.63) is 47.3 Å². The SMILES string of the molecule is N#CC(C#N)=C1N(CCCN2CCCCC2)CCCN1C1CCN(Cc2ccccc2)CC1. The summed E-state index contributed by atoms with van der Waals surface area (Å²) in [6.45, 7) is 9.52. The second kappa shape index (κ2) is 12.1. The largest absolute Gasteiger partial charge is 0.356 e. The van der Waals surface area contributed by atoms with Crippen LogP contribution in [0.25, 0.3) is 0 Å². The first kappa shape index (κ1) is 23.6. The molecule has 0 saturated carbocycles. The summed E-state index contributed by atoms with van der Waals surface area (Å²) in [6.07, 6.45) is 8.36. The molecule has 0 radical (unpaired) electrons. The molecule has 0 amide bonds. The molecule has 3 aliphatic rings. The lowest BCUT2D eigenvalue weighted by Gasteiger charge is -2.47. The van der Waals surface area contributed by atoms with Crippen molar-refractivity contribution in [1.82, 2.24) is 19.6 Å². The summed E-state index contributed by atoms with van der Waals surface area (Å²) < 4.78 is 0. The van der Waals surface area contributed by atoms with Crippen molar-refractivity contribution in [2.45, 2.75) is 57.5 Å². The van der Waals surface area contributed by atoms with Gasteiger partial charge in [0.05, 0.1) is 0 Å². The molecule has 0 aromatic heterocycles. The maximum atomic E-state index is 9.75. The average molecular weight is 447 g/mol. The highest BCUT2D eigenvalue weighted by Crippen LogP contribution is 2.29. The number of allylic oxidation sites excluding steroid dienone is 1. The molecular formula is C27H38N6. The molecule has 3 heterocycles. The Hall–Kier alpha value is -2.54. The van der Waals surface area contributed by atoms with Crippen molar-refractivity contribution in [3.8, 4) is 12.1 Å². The van der Waals surface area contributed by atoms with E-state index in [0.717, 1.165) is 77.3 Å². The van der Waals surface area contributed by atoms with E-state index >= 15 is 0 Å². The van der Waals surface area contributed by atoms with E-state index in [1.807, 2.05) is 0 Å². The minimum Gasteiger partial charge on any atom is -0.356 e. The third-order valence-electron chi connectivity index (χ3n) is 7.44. The van der Waals surface area contributed by atoms with Crippen molar-refractivity contribution in [3.63, 3.8) is 0 Å². The van der Waals surface area contributed by atoms with Crippen LogP contribution in [0, 0.1) is 22.7 Å². The van der Waals surface area contributed by atoms with Crippen LogP contribution in [0.3, 0.4) is 0 Å². The van der Waals surface area contributed by atoms with Crippen LogP contribution in [0.4, 0.5) is 0 Å². The van der Waals surface area contributed by atoms with E-state index in [1.165, 1.54) is 37.9 Å². The highest BCUT2D eigenvalue weighted by molar-refractivity contribution is 5.40. The Morgan fingerprint density at radius 1 is 0.788 bits per heavy atom. The fourth-order valence-corrected chi connectivity index (χ4v) is 5.72. The molecule has 0 atom stereocenters. The normalized spacial score (nSPS) is 21.0. The third-order valence-corrected chi connectivity index (χ3v) is 7.44. The molecule has 3 saturated heterocycles. The van der Waals surface area contributed by atoms with E-state index in [4.69, 9.17) is 0 Å². The van der Waals surface area contributed by atoms with Gasteiger partial charge in [-0.1, -0.05) is 36.8 Å². The zero-order chi connectivity index (χ0) is 22.9. The number of nitrogens with zero attached hydrogens (tertiary/aromatic N) is 6. The predicted octanol–water partition coefficient (Wildman–Crippen LogP) is 3.79. The second-order valence-corrected chi connectivity index (χ2v) is 9.70. The highest BCUT2D eigenvalue weighted by Gasteiger charge is 2.33. The fourth-order valence-electron chi connectivity index (χ4n) is 5.72. The van der Waals surface area contributed by atoms with Crippen LogP contribution in [0.15, 0.2) is 41.7 Å². The molecule has 6 nitrogen and oxygen atoms in total. The molecule has 0 bridgehead atoms. The maximum Gasteiger partial charge on any atom is 0.169 e. The molecule has 0 N–H and O–H groups in total. The summed E-state index contributed by atoms with van der Waals surface area (Å²) in [4.78, 5) is 9.86. The zero-order valence-electron chi connectivity index (χ0n) is 20.0. The second-order valence-electron chi connectivity index (χ2n) is 9.70. The summed E-state index contributed by atoms with van der Waals surface area (Å²) in [5, 5.41) is 19.5. The minimum atomic E-state index is 0.291. The number of hydrogen-bond acceptors (Lipinski definition) is 6. The van der Waals surface area contributed by atoms with Gasteiger partial charge in [0.2, 0.25) is 0 Å². The molecule has 33 heavy (non-hydrogen) atoms. The molecule has 4 rings (SSSR count). The summed E-state index contributed by atoms with van der Waals surface area (Å²) in [5.74, 6) is 0.909. The van der Waals surface area contributed by atoms with Crippen LogP contribution in [0.5, 0.6) is 0 Å². The van der Waals surface area contributed by atoms with Crippen molar-refractivity contribution >= 4 is 0 Å². The van der Waals surface area contributed by atoms with Gasteiger partial charge in [-0.05, 0) is 63.7 Å². The molecule has 6 heteroatoms. The maximum absolute atomic E-state index is 9.75. The van der Waals surface area contributed by atoms with Crippen LogP contribution in [0.2, 0.25) is 0 Å². The topological polar surface area (TPSA) is 60.5 Å². The monoisotopic (exact) mass is 446 g/mol. The van der Waals surface area contributed by atoms with E-state index < -0.39 is 0 Å². The van der Waals surface area contributed by atoms with Gasteiger partial charge in [0, 0.05) is 45.3 Å². The lowest BCUT2D eigenvalue weighted by Crippen LogP contribution is -2.51. The van der Waals surface area contributed by atoms with E-state index in [0.29, 0.717) is 11.6 Å². The highest BCUT2D eigenvalue weighted by atomic mass is 15.4. The zero-order valence-corrected chi connectivity index (χ0v) is 20.0. The van der Waals surface area contributed by atoms with Gasteiger partial charge in [-0.15, -0.1) is 0 Å². The van der Waals surface area contributed by atoms with Gasteiger partial charge in [-0.3, -0.25) is 4.90 Å². The van der Waals surface area contributed by atoms with Crippen molar-refractivity contribution in [1.29, 1.82) is 10.5 Å². The predicted molar refractivity (Wildman–Crippen MR) is 131 cm³/mol. The van der Waals surface area contributed by atoms with Gasteiger partial charge in [0.15, 0.2) is 5.57 Å². The first-order valence-electron chi connectivity index (χ1n) is 12.8. The fraction of sp³-hybridized carbons (Fsp3) is 0.630. The average Bonchev–Trinajstić information content (AvgIpc) is 2.87. The molecule has 0 aliphatic carbocycles. The Balaban J connectivity index is 1.37. The number of benzene rings is 1. The lowest BCUT2D eigenvalue weighted by molar-refractivity contribution is 0.0704. The molecule has 0 spiro atoms. The first-order chi connectivity index (χ1) is 16.3. The van der Waals surface area contributed by atoms with Gasteiger partial charge < -0.3 is 14.7 Å². The Labute approximate surface area is 199 Å². The smallest absolute Gasteiger partial charge is 0.169 e. The quantitative estimate of drug-likeness (QED) is 0.594. The summed E-state index contributed by atoms with van der Waals surface area (Å²) >= 11 is 0. The Kier molecular flexibility index (Phi) is 8.64. The number of hydrogen-bond donors (Lipinski definition) is 0. The standard InChI is InChI=1S/C27H38N6/c28-21-25(22-29)27-32(16-7-15-30-13-5-2-6-14-30)17-8-18-33(27)26-11-19-31(20-12-26)23-24-9-3-1-4-10-24/h1,3-4,9-10,26H,2,5-8,11-20,23H2. The van der Waals surface area contributed by atoms with Crippen LogP contribution in [0.1, 0.15) is 50.5 Å².